The molecule has 2 nitrogen and oxygen atoms in total. The van der Waals surface area contributed by atoms with E-state index in [9.17, 15) is 8.78 Å². The fourth-order valence-corrected chi connectivity index (χ4v) is 2.29. The quantitative estimate of drug-likeness (QED) is 0.872. The van der Waals surface area contributed by atoms with Crippen LogP contribution in [0.5, 0.6) is 0 Å². The maximum Gasteiger partial charge on any atom is 0.137 e. The molecule has 0 saturated heterocycles. The Morgan fingerprint density at radius 3 is 2.15 bits per heavy atom. The van der Waals surface area contributed by atoms with Gasteiger partial charge in [0.2, 0.25) is 0 Å². The Kier molecular flexibility index (Phi) is 5.23. The van der Waals surface area contributed by atoms with Crippen molar-refractivity contribution in [2.75, 3.05) is 0 Å². The van der Waals surface area contributed by atoms with Crippen LogP contribution < -0.4 is 5.32 Å². The molecule has 0 bridgehead atoms. The molecule has 0 spiro atoms. The molecule has 0 aliphatic rings. The zero-order valence-corrected chi connectivity index (χ0v) is 12.3. The average molecular weight is 342 g/mol. The van der Waals surface area contributed by atoms with Gasteiger partial charge in [0.15, 0.2) is 0 Å². The van der Waals surface area contributed by atoms with Crippen LogP contribution in [0.25, 0.3) is 0 Å². The van der Waals surface area contributed by atoms with E-state index in [1.54, 1.807) is 24.3 Å². The van der Waals surface area contributed by atoms with E-state index in [0.29, 0.717) is 17.6 Å². The van der Waals surface area contributed by atoms with Crippen molar-refractivity contribution in [3.8, 4) is 0 Å². The Morgan fingerprint density at radius 1 is 0.950 bits per heavy atom. The topological polar surface area (TPSA) is 32.3 Å². The molecule has 2 N–H and O–H groups in total. The number of hydrogen-bond donors (Lipinski definition) is 2. The first kappa shape index (κ1) is 15.1. The second-order valence-electron chi connectivity index (χ2n) is 4.44. The standard InChI is InChI=1S/C15H14BrF2NO/c16-13-6-11(2-4-15(13)18)8-19-7-10-1-3-14(17)12(5-10)9-20/h1-6,19-20H,7-9H2. The van der Waals surface area contributed by atoms with Gasteiger partial charge in [-0.25, -0.2) is 8.78 Å². The molecule has 0 saturated carbocycles. The summed E-state index contributed by atoms with van der Waals surface area (Å²) in [5.74, 6) is -0.696. The molecule has 106 valence electrons. The van der Waals surface area contributed by atoms with Crippen molar-refractivity contribution in [3.63, 3.8) is 0 Å². The van der Waals surface area contributed by atoms with Gasteiger partial charge in [-0.3, -0.25) is 0 Å². The van der Waals surface area contributed by atoms with Crippen molar-refractivity contribution in [2.24, 2.45) is 0 Å². The highest BCUT2D eigenvalue weighted by Gasteiger charge is 2.03. The smallest absolute Gasteiger partial charge is 0.137 e. The van der Waals surface area contributed by atoms with Crippen LogP contribution in [0.4, 0.5) is 8.78 Å². The monoisotopic (exact) mass is 341 g/mol. The zero-order valence-electron chi connectivity index (χ0n) is 10.7. The third kappa shape index (κ3) is 3.85. The van der Waals surface area contributed by atoms with Crippen LogP contribution in [-0.2, 0) is 19.7 Å². The summed E-state index contributed by atoms with van der Waals surface area (Å²) in [4.78, 5) is 0. The van der Waals surface area contributed by atoms with E-state index in [4.69, 9.17) is 5.11 Å². The maximum atomic E-state index is 13.2. The number of benzene rings is 2. The minimum atomic E-state index is -0.404. The van der Waals surface area contributed by atoms with Gasteiger partial charge in [0.1, 0.15) is 11.6 Å². The molecular weight excluding hydrogens is 328 g/mol. The van der Waals surface area contributed by atoms with E-state index < -0.39 is 5.82 Å². The van der Waals surface area contributed by atoms with Gasteiger partial charge >= 0.3 is 0 Å². The molecule has 0 aliphatic heterocycles. The lowest BCUT2D eigenvalue weighted by Gasteiger charge is -2.08. The van der Waals surface area contributed by atoms with E-state index >= 15 is 0 Å². The summed E-state index contributed by atoms with van der Waals surface area (Å²) in [5.41, 5.74) is 2.12. The summed E-state index contributed by atoms with van der Waals surface area (Å²) >= 11 is 3.14. The third-order valence-electron chi connectivity index (χ3n) is 2.92. The summed E-state index contributed by atoms with van der Waals surface area (Å²) in [6.07, 6.45) is 0. The second kappa shape index (κ2) is 6.92. The predicted molar refractivity (Wildman–Crippen MR) is 77.0 cm³/mol. The number of halogens is 3. The van der Waals surface area contributed by atoms with Crippen molar-refractivity contribution in [1.29, 1.82) is 0 Å². The fraction of sp³-hybridized carbons (Fsp3) is 0.200. The van der Waals surface area contributed by atoms with E-state index in [0.717, 1.165) is 11.1 Å². The van der Waals surface area contributed by atoms with Crippen molar-refractivity contribution >= 4 is 15.9 Å². The first-order valence-electron chi connectivity index (χ1n) is 6.13. The first-order valence-corrected chi connectivity index (χ1v) is 6.92. The Bertz CT molecular complexity index is 604. The van der Waals surface area contributed by atoms with Gasteiger partial charge in [0, 0.05) is 18.7 Å². The Balaban J connectivity index is 1.94. The molecule has 0 unspecified atom stereocenters. The molecule has 20 heavy (non-hydrogen) atoms. The number of aliphatic hydroxyl groups is 1. The first-order chi connectivity index (χ1) is 9.60. The van der Waals surface area contributed by atoms with Crippen LogP contribution in [0.15, 0.2) is 40.9 Å². The van der Waals surface area contributed by atoms with E-state index in [1.807, 2.05) is 0 Å². The summed E-state index contributed by atoms with van der Waals surface area (Å²) in [7, 11) is 0. The van der Waals surface area contributed by atoms with Gasteiger partial charge in [-0.2, -0.15) is 0 Å². The number of nitrogens with one attached hydrogen (secondary N) is 1. The van der Waals surface area contributed by atoms with Crippen LogP contribution in [0, 0.1) is 11.6 Å². The van der Waals surface area contributed by atoms with Gasteiger partial charge < -0.3 is 10.4 Å². The average Bonchev–Trinajstić information content (AvgIpc) is 2.44. The summed E-state index contributed by atoms with van der Waals surface area (Å²) in [6.45, 7) is 0.803. The van der Waals surface area contributed by atoms with Crippen molar-refractivity contribution < 1.29 is 13.9 Å². The highest BCUT2D eigenvalue weighted by atomic mass is 79.9. The van der Waals surface area contributed by atoms with Crippen molar-refractivity contribution in [2.45, 2.75) is 19.7 Å². The van der Waals surface area contributed by atoms with E-state index in [-0.39, 0.29) is 18.0 Å². The second-order valence-corrected chi connectivity index (χ2v) is 5.29. The molecule has 2 aromatic rings. The largest absolute Gasteiger partial charge is 0.392 e. The Labute approximate surface area is 124 Å². The lowest BCUT2D eigenvalue weighted by atomic mass is 10.1. The Morgan fingerprint density at radius 2 is 1.55 bits per heavy atom. The SMILES string of the molecule is OCc1cc(CNCc2ccc(F)c(Br)c2)ccc1F. The highest BCUT2D eigenvalue weighted by Crippen LogP contribution is 2.17. The van der Waals surface area contributed by atoms with Crippen LogP contribution in [0.2, 0.25) is 0 Å². The van der Waals surface area contributed by atoms with Gasteiger partial charge in [-0.15, -0.1) is 0 Å². The minimum Gasteiger partial charge on any atom is -0.392 e. The molecule has 0 aliphatic carbocycles. The van der Waals surface area contributed by atoms with E-state index in [2.05, 4.69) is 21.2 Å². The summed E-state index contributed by atoms with van der Waals surface area (Å²) in [5, 5.41) is 12.2. The number of rotatable bonds is 5. The lowest BCUT2D eigenvalue weighted by molar-refractivity contribution is 0.275. The summed E-state index contributed by atoms with van der Waals surface area (Å²) < 4.78 is 26.7. The lowest BCUT2D eigenvalue weighted by Crippen LogP contribution is -2.13. The zero-order chi connectivity index (χ0) is 14.5. The fourth-order valence-electron chi connectivity index (χ4n) is 1.86. The van der Waals surface area contributed by atoms with Crippen molar-refractivity contribution in [1.82, 2.24) is 5.32 Å². The highest BCUT2D eigenvalue weighted by molar-refractivity contribution is 9.10. The van der Waals surface area contributed by atoms with E-state index in [1.165, 1.54) is 12.1 Å². The molecular formula is C15H14BrF2NO. The Hall–Kier alpha value is -1.30. The maximum absolute atomic E-state index is 13.2. The molecule has 0 amide bonds. The molecule has 2 rings (SSSR count). The van der Waals surface area contributed by atoms with Gasteiger partial charge in [-0.1, -0.05) is 12.1 Å². The van der Waals surface area contributed by atoms with Crippen LogP contribution in [0.3, 0.4) is 0 Å². The molecule has 0 fully saturated rings. The number of aliphatic hydroxyl groups excluding tert-OH is 1. The minimum absolute atomic E-state index is 0.286. The van der Waals surface area contributed by atoms with Crippen molar-refractivity contribution in [3.05, 3.63) is 69.2 Å². The van der Waals surface area contributed by atoms with Gasteiger partial charge in [0.05, 0.1) is 11.1 Å². The van der Waals surface area contributed by atoms with Crippen LogP contribution in [-0.4, -0.2) is 5.11 Å². The van der Waals surface area contributed by atoms with Crippen LogP contribution >= 0.6 is 15.9 Å². The third-order valence-corrected chi connectivity index (χ3v) is 3.53. The molecule has 2 aromatic carbocycles. The molecule has 0 heterocycles. The van der Waals surface area contributed by atoms with Gasteiger partial charge in [0.25, 0.3) is 0 Å². The molecule has 0 radical (unpaired) electrons. The number of hydrogen-bond acceptors (Lipinski definition) is 2. The summed E-state index contributed by atoms with van der Waals surface area (Å²) in [6, 6.07) is 9.47. The predicted octanol–water partition coefficient (Wildman–Crippen LogP) is 3.51. The molecule has 0 atom stereocenters. The van der Waals surface area contributed by atoms with Gasteiger partial charge in [-0.05, 0) is 51.3 Å². The molecule has 0 aromatic heterocycles. The molecule has 5 heteroatoms. The van der Waals surface area contributed by atoms with Crippen LogP contribution in [0.1, 0.15) is 16.7 Å². The normalized spacial score (nSPS) is 10.8.